The molecule has 0 spiro atoms. The molecule has 0 fully saturated rings. The minimum absolute atomic E-state index is 0. The Morgan fingerprint density at radius 2 is 1.84 bits per heavy atom. The van der Waals surface area contributed by atoms with E-state index in [0.717, 1.165) is 29.8 Å². The van der Waals surface area contributed by atoms with Crippen molar-refractivity contribution in [2.24, 2.45) is 4.99 Å². The molecule has 0 radical (unpaired) electrons. The van der Waals surface area contributed by atoms with E-state index in [1.54, 1.807) is 25.2 Å². The van der Waals surface area contributed by atoms with Crippen molar-refractivity contribution in [3.8, 4) is 11.1 Å². The maximum atomic E-state index is 11.9. The number of benzene rings is 2. The van der Waals surface area contributed by atoms with E-state index >= 15 is 0 Å². The van der Waals surface area contributed by atoms with Gasteiger partial charge < -0.3 is 20.1 Å². The highest BCUT2D eigenvalue weighted by Gasteiger charge is 2.08. The first-order valence-electron chi connectivity index (χ1n) is 10.4. The molecule has 32 heavy (non-hydrogen) atoms. The molecule has 0 aliphatic rings. The van der Waals surface area contributed by atoms with Gasteiger partial charge in [-0.2, -0.15) is 0 Å². The van der Waals surface area contributed by atoms with E-state index in [0.29, 0.717) is 12.5 Å². The maximum Gasteiger partial charge on any atom is 0.241 e. The molecule has 3 aromatic rings. The predicted octanol–water partition coefficient (Wildman–Crippen LogP) is 3.36. The number of hydrogen-bond donors (Lipinski definition) is 2. The zero-order valence-electron chi connectivity index (χ0n) is 18.8. The van der Waals surface area contributed by atoms with Crippen LogP contribution >= 0.6 is 24.0 Å². The number of nitrogens with zero attached hydrogens (tertiary/aromatic N) is 4. The lowest BCUT2D eigenvalue weighted by atomic mass is 9.98. The van der Waals surface area contributed by atoms with Crippen molar-refractivity contribution in [3.05, 3.63) is 78.4 Å². The normalized spacial score (nSPS) is 10.9. The van der Waals surface area contributed by atoms with Crippen LogP contribution in [0.15, 0.2) is 72.2 Å². The Bertz CT molecular complexity index is 1000. The second-order valence-corrected chi connectivity index (χ2v) is 7.43. The van der Waals surface area contributed by atoms with Crippen LogP contribution in [0.25, 0.3) is 11.1 Å². The van der Waals surface area contributed by atoms with Crippen molar-refractivity contribution in [2.45, 2.75) is 20.0 Å². The quantitative estimate of drug-likeness (QED) is 0.258. The summed E-state index contributed by atoms with van der Waals surface area (Å²) in [5, 5.41) is 6.30. The standard InChI is InChI=1S/C24H30N6O.HI/c1-4-26-24(28-16-23(31)29(2)3)27-15-21-7-5-6-8-22(21)20-11-9-19(10-12-20)17-30-14-13-25-18-30;/h5-14,18H,4,15-17H2,1-3H3,(H2,26,27,28);1H. The van der Waals surface area contributed by atoms with E-state index in [-0.39, 0.29) is 36.4 Å². The summed E-state index contributed by atoms with van der Waals surface area (Å²) in [5.74, 6) is 0.630. The Morgan fingerprint density at radius 3 is 2.50 bits per heavy atom. The van der Waals surface area contributed by atoms with Crippen LogP contribution in [0.5, 0.6) is 0 Å². The van der Waals surface area contributed by atoms with Crippen LogP contribution in [-0.2, 0) is 17.9 Å². The van der Waals surface area contributed by atoms with Gasteiger partial charge in [0.05, 0.1) is 19.4 Å². The van der Waals surface area contributed by atoms with Crippen LogP contribution in [-0.4, -0.2) is 53.5 Å². The van der Waals surface area contributed by atoms with Crippen LogP contribution in [0.4, 0.5) is 0 Å². The first-order valence-corrected chi connectivity index (χ1v) is 10.4. The second kappa shape index (κ2) is 12.8. The predicted molar refractivity (Wildman–Crippen MR) is 140 cm³/mol. The van der Waals surface area contributed by atoms with Crippen molar-refractivity contribution in [1.82, 2.24) is 25.1 Å². The Balaban J connectivity index is 0.00000363. The third kappa shape index (κ3) is 7.37. The third-order valence-corrected chi connectivity index (χ3v) is 4.86. The smallest absolute Gasteiger partial charge is 0.241 e. The highest BCUT2D eigenvalue weighted by Crippen LogP contribution is 2.25. The third-order valence-electron chi connectivity index (χ3n) is 4.86. The molecule has 0 saturated carbocycles. The molecule has 0 atom stereocenters. The summed E-state index contributed by atoms with van der Waals surface area (Å²) in [6.07, 6.45) is 5.57. The number of aromatic nitrogens is 2. The molecule has 0 bridgehead atoms. The van der Waals surface area contributed by atoms with Crippen molar-refractivity contribution < 1.29 is 4.79 Å². The van der Waals surface area contributed by atoms with Crippen molar-refractivity contribution >= 4 is 35.8 Å². The fourth-order valence-corrected chi connectivity index (χ4v) is 3.14. The topological polar surface area (TPSA) is 74.5 Å². The zero-order chi connectivity index (χ0) is 22.1. The Labute approximate surface area is 207 Å². The van der Waals surface area contributed by atoms with Gasteiger partial charge in [-0.1, -0.05) is 48.5 Å². The highest BCUT2D eigenvalue weighted by atomic mass is 127. The van der Waals surface area contributed by atoms with Crippen LogP contribution in [0.3, 0.4) is 0 Å². The fourth-order valence-electron chi connectivity index (χ4n) is 3.14. The average molecular weight is 546 g/mol. The number of carbonyl (C=O) groups is 1. The lowest BCUT2D eigenvalue weighted by molar-refractivity contribution is -0.127. The van der Waals surface area contributed by atoms with Crippen LogP contribution in [0.1, 0.15) is 18.1 Å². The van der Waals surface area contributed by atoms with Crippen molar-refractivity contribution in [1.29, 1.82) is 0 Å². The molecule has 2 N–H and O–H groups in total. The van der Waals surface area contributed by atoms with Crippen LogP contribution < -0.4 is 10.6 Å². The molecule has 1 amide bonds. The summed E-state index contributed by atoms with van der Waals surface area (Å²) >= 11 is 0. The fraction of sp³-hybridized carbons (Fsp3) is 0.292. The molecule has 0 aliphatic heterocycles. The van der Waals surface area contributed by atoms with Gasteiger partial charge in [0.25, 0.3) is 0 Å². The molecule has 170 valence electrons. The number of guanidine groups is 1. The van der Waals surface area contributed by atoms with Crippen molar-refractivity contribution in [2.75, 3.05) is 27.2 Å². The van der Waals surface area contributed by atoms with Gasteiger partial charge >= 0.3 is 0 Å². The number of hydrogen-bond acceptors (Lipinski definition) is 3. The van der Waals surface area contributed by atoms with Crippen LogP contribution in [0, 0.1) is 0 Å². The highest BCUT2D eigenvalue weighted by molar-refractivity contribution is 14.0. The number of halogens is 1. The number of carbonyl (C=O) groups excluding carboxylic acids is 1. The Hall–Kier alpha value is -2.88. The number of amides is 1. The summed E-state index contributed by atoms with van der Waals surface area (Å²) < 4.78 is 2.05. The molecule has 2 aromatic carbocycles. The van der Waals surface area contributed by atoms with E-state index in [1.807, 2.05) is 36.1 Å². The second-order valence-electron chi connectivity index (χ2n) is 7.43. The molecule has 0 saturated heterocycles. The van der Waals surface area contributed by atoms with Gasteiger partial charge in [-0.25, -0.2) is 9.98 Å². The molecule has 1 heterocycles. The molecular weight excluding hydrogens is 515 g/mol. The Kier molecular flexibility index (Phi) is 10.2. The largest absolute Gasteiger partial charge is 0.357 e. The van der Waals surface area contributed by atoms with Gasteiger partial charge in [-0.3, -0.25) is 4.79 Å². The minimum Gasteiger partial charge on any atom is -0.357 e. The zero-order valence-corrected chi connectivity index (χ0v) is 21.1. The molecule has 1 aromatic heterocycles. The van der Waals surface area contributed by atoms with Crippen LogP contribution in [0.2, 0.25) is 0 Å². The van der Waals surface area contributed by atoms with E-state index in [9.17, 15) is 4.79 Å². The van der Waals surface area contributed by atoms with E-state index < -0.39 is 0 Å². The SMILES string of the molecule is CCNC(=NCc1ccccc1-c1ccc(Cn2ccnc2)cc1)NCC(=O)N(C)C.I. The van der Waals surface area contributed by atoms with Gasteiger partial charge in [0.1, 0.15) is 0 Å². The first-order chi connectivity index (χ1) is 15.1. The number of rotatable bonds is 8. The average Bonchev–Trinajstić information content (AvgIpc) is 3.29. The molecule has 7 nitrogen and oxygen atoms in total. The summed E-state index contributed by atoms with van der Waals surface area (Å²) in [6, 6.07) is 16.9. The number of likely N-dealkylation sites (N-methyl/N-ethyl adjacent to an activating group) is 1. The summed E-state index contributed by atoms with van der Waals surface area (Å²) in [4.78, 5) is 22.2. The molecule has 0 aliphatic carbocycles. The monoisotopic (exact) mass is 546 g/mol. The summed E-state index contributed by atoms with van der Waals surface area (Å²) in [6.45, 7) is 4.25. The number of aliphatic imine (C=N–C) groups is 1. The molecule has 3 rings (SSSR count). The minimum atomic E-state index is 0. The van der Waals surface area contributed by atoms with Gasteiger partial charge in [-0.05, 0) is 29.2 Å². The van der Waals surface area contributed by atoms with Gasteiger partial charge in [-0.15, -0.1) is 24.0 Å². The summed E-state index contributed by atoms with van der Waals surface area (Å²) in [7, 11) is 3.48. The molecule has 8 heteroatoms. The number of imidazole rings is 1. The van der Waals surface area contributed by atoms with Crippen molar-refractivity contribution in [3.63, 3.8) is 0 Å². The summed E-state index contributed by atoms with van der Waals surface area (Å²) in [5.41, 5.74) is 4.66. The lowest BCUT2D eigenvalue weighted by Crippen LogP contribution is -2.42. The van der Waals surface area contributed by atoms with E-state index in [4.69, 9.17) is 0 Å². The van der Waals surface area contributed by atoms with E-state index in [1.165, 1.54) is 5.56 Å². The molecule has 0 unspecified atom stereocenters. The van der Waals surface area contributed by atoms with Gasteiger partial charge in [0.2, 0.25) is 5.91 Å². The molecular formula is C24H31IN6O. The van der Waals surface area contributed by atoms with Gasteiger partial charge in [0.15, 0.2) is 5.96 Å². The first kappa shape index (κ1) is 25.4. The maximum absolute atomic E-state index is 11.9. The van der Waals surface area contributed by atoms with E-state index in [2.05, 4.69) is 57.0 Å². The lowest BCUT2D eigenvalue weighted by Gasteiger charge is -2.15. The number of nitrogens with one attached hydrogen (secondary N) is 2. The van der Waals surface area contributed by atoms with Gasteiger partial charge in [0, 0.05) is 39.6 Å². The Morgan fingerprint density at radius 1 is 1.09 bits per heavy atom.